The summed E-state index contributed by atoms with van der Waals surface area (Å²) in [6, 6.07) is 8.41. The first-order valence-corrected chi connectivity index (χ1v) is 8.93. The summed E-state index contributed by atoms with van der Waals surface area (Å²) in [5.74, 6) is 1.55. The first kappa shape index (κ1) is 19.4. The van der Waals surface area contributed by atoms with Crippen LogP contribution >= 0.6 is 35.3 Å². The Kier molecular flexibility index (Phi) is 7.70. The van der Waals surface area contributed by atoms with Crippen LogP contribution in [0.2, 0.25) is 0 Å². The molecule has 2 aromatic rings. The molecule has 0 atom stereocenters. The molecule has 1 N–H and O–H groups in total. The molecule has 0 radical (unpaired) electrons. The zero-order valence-corrected chi connectivity index (χ0v) is 17.3. The second kappa shape index (κ2) is 9.53. The molecular formula is C17H25IN4OS. The fraction of sp³-hybridized carbons (Fsp3) is 0.529. The molecule has 132 valence electrons. The van der Waals surface area contributed by atoms with E-state index in [4.69, 9.17) is 9.72 Å². The van der Waals surface area contributed by atoms with Gasteiger partial charge in [0.2, 0.25) is 0 Å². The highest BCUT2D eigenvalue weighted by Gasteiger charge is 2.24. The van der Waals surface area contributed by atoms with Crippen LogP contribution in [0.1, 0.15) is 23.8 Å². The molecule has 24 heavy (non-hydrogen) atoms. The summed E-state index contributed by atoms with van der Waals surface area (Å²) in [4.78, 5) is 11.5. The quantitative estimate of drug-likeness (QED) is 0.329. The predicted molar refractivity (Wildman–Crippen MR) is 112 cm³/mol. The minimum Gasteiger partial charge on any atom is -0.383 e. The number of thiazole rings is 1. The first-order valence-electron chi connectivity index (χ1n) is 8.12. The van der Waals surface area contributed by atoms with Crippen molar-refractivity contribution >= 4 is 51.5 Å². The van der Waals surface area contributed by atoms with Gasteiger partial charge in [-0.15, -0.1) is 35.3 Å². The third kappa shape index (κ3) is 4.58. The van der Waals surface area contributed by atoms with Crippen molar-refractivity contribution in [3.05, 3.63) is 29.3 Å². The van der Waals surface area contributed by atoms with E-state index in [0.29, 0.717) is 12.5 Å². The van der Waals surface area contributed by atoms with Gasteiger partial charge in [-0.1, -0.05) is 12.1 Å². The molecule has 0 unspecified atom stereocenters. The third-order valence-corrected chi connectivity index (χ3v) is 5.45. The van der Waals surface area contributed by atoms with E-state index in [-0.39, 0.29) is 24.0 Å². The summed E-state index contributed by atoms with van der Waals surface area (Å²) in [7, 11) is 3.56. The maximum atomic E-state index is 5.08. The molecule has 7 heteroatoms. The summed E-state index contributed by atoms with van der Waals surface area (Å²) in [6.45, 7) is 3.53. The molecule has 1 fully saturated rings. The summed E-state index contributed by atoms with van der Waals surface area (Å²) in [5.41, 5.74) is 1.13. The van der Waals surface area contributed by atoms with E-state index >= 15 is 0 Å². The number of halogens is 1. The Morgan fingerprint density at radius 1 is 1.38 bits per heavy atom. The number of hydrogen-bond acceptors (Lipinski definition) is 4. The van der Waals surface area contributed by atoms with Gasteiger partial charge in [0.15, 0.2) is 5.96 Å². The topological polar surface area (TPSA) is 49.8 Å². The molecule has 1 aliphatic rings. The second-order valence-electron chi connectivity index (χ2n) is 5.75. The van der Waals surface area contributed by atoms with Crippen molar-refractivity contribution in [3.8, 4) is 0 Å². The Labute approximate surface area is 164 Å². The summed E-state index contributed by atoms with van der Waals surface area (Å²) in [5, 5.41) is 4.64. The number of guanidine groups is 1. The number of rotatable bonds is 4. The molecule has 3 rings (SSSR count). The Balaban J connectivity index is 0.00000208. The number of likely N-dealkylation sites (tertiary alicyclic amines) is 1. The van der Waals surface area contributed by atoms with Crippen LogP contribution in [-0.4, -0.2) is 56.2 Å². The number of methoxy groups -OCH3 is 1. The summed E-state index contributed by atoms with van der Waals surface area (Å²) < 4.78 is 6.38. The van der Waals surface area contributed by atoms with Gasteiger partial charge in [-0.2, -0.15) is 0 Å². The van der Waals surface area contributed by atoms with Gasteiger partial charge in [0.05, 0.1) is 21.8 Å². The number of nitrogens with zero attached hydrogens (tertiary/aromatic N) is 3. The average molecular weight is 460 g/mol. The number of fused-ring (bicyclic) bond motifs is 1. The lowest BCUT2D eigenvalue weighted by Crippen LogP contribution is -2.46. The molecule has 0 amide bonds. The molecule has 1 aromatic carbocycles. The van der Waals surface area contributed by atoms with Gasteiger partial charge in [-0.25, -0.2) is 4.98 Å². The highest BCUT2D eigenvalue weighted by Crippen LogP contribution is 2.33. The Morgan fingerprint density at radius 2 is 2.12 bits per heavy atom. The normalized spacial score (nSPS) is 16.2. The van der Waals surface area contributed by atoms with Gasteiger partial charge in [0, 0.05) is 39.7 Å². The van der Waals surface area contributed by atoms with Crippen LogP contribution in [0.25, 0.3) is 10.2 Å². The molecular weight excluding hydrogens is 435 g/mol. The SMILES string of the molecule is CN=C(NCCOC)N1CCC(c2nc3ccccc3s2)CC1.I. The van der Waals surface area contributed by atoms with E-state index in [9.17, 15) is 0 Å². The number of hydrogen-bond donors (Lipinski definition) is 1. The minimum absolute atomic E-state index is 0. The first-order chi connectivity index (χ1) is 11.3. The van der Waals surface area contributed by atoms with Crippen molar-refractivity contribution < 1.29 is 4.74 Å². The summed E-state index contributed by atoms with van der Waals surface area (Å²) >= 11 is 1.84. The molecule has 1 aliphatic heterocycles. The maximum absolute atomic E-state index is 5.08. The molecule has 0 saturated carbocycles. The van der Waals surface area contributed by atoms with E-state index in [1.165, 1.54) is 9.71 Å². The fourth-order valence-electron chi connectivity index (χ4n) is 3.00. The second-order valence-corrected chi connectivity index (χ2v) is 6.81. The molecule has 1 aromatic heterocycles. The van der Waals surface area contributed by atoms with E-state index in [0.717, 1.165) is 44.0 Å². The third-order valence-electron chi connectivity index (χ3n) is 4.26. The Bertz CT molecular complexity index is 634. The van der Waals surface area contributed by atoms with E-state index in [1.807, 2.05) is 18.4 Å². The largest absolute Gasteiger partial charge is 0.383 e. The van der Waals surface area contributed by atoms with Crippen molar-refractivity contribution in [3.63, 3.8) is 0 Å². The van der Waals surface area contributed by atoms with Crippen LogP contribution in [0.5, 0.6) is 0 Å². The van der Waals surface area contributed by atoms with Gasteiger partial charge in [-0.3, -0.25) is 4.99 Å². The highest BCUT2D eigenvalue weighted by molar-refractivity contribution is 14.0. The molecule has 5 nitrogen and oxygen atoms in total. The minimum atomic E-state index is 0. The van der Waals surface area contributed by atoms with Crippen LogP contribution in [0, 0.1) is 0 Å². The molecule has 0 spiro atoms. The van der Waals surface area contributed by atoms with Gasteiger partial charge in [0.1, 0.15) is 0 Å². The predicted octanol–water partition coefficient (Wildman–Crippen LogP) is 3.32. The zero-order valence-electron chi connectivity index (χ0n) is 14.2. The number of nitrogens with one attached hydrogen (secondary N) is 1. The van der Waals surface area contributed by atoms with Gasteiger partial charge >= 0.3 is 0 Å². The standard InChI is InChI=1S/C17H24N4OS.HI/c1-18-17(19-9-12-22-2)21-10-7-13(8-11-21)16-20-14-5-3-4-6-15(14)23-16;/h3-6,13H,7-12H2,1-2H3,(H,18,19);1H. The molecule has 1 saturated heterocycles. The fourth-order valence-corrected chi connectivity index (χ4v) is 4.14. The lowest BCUT2D eigenvalue weighted by atomic mass is 9.98. The van der Waals surface area contributed by atoms with Gasteiger partial charge < -0.3 is 15.0 Å². The van der Waals surface area contributed by atoms with E-state index in [2.05, 4.69) is 39.5 Å². The number of aliphatic imine (C=N–C) groups is 1. The van der Waals surface area contributed by atoms with Crippen LogP contribution in [0.4, 0.5) is 0 Å². The number of benzene rings is 1. The number of para-hydroxylation sites is 1. The molecule has 2 heterocycles. The van der Waals surface area contributed by atoms with Crippen LogP contribution < -0.4 is 5.32 Å². The number of ether oxygens (including phenoxy) is 1. The van der Waals surface area contributed by atoms with Crippen LogP contribution in [0.3, 0.4) is 0 Å². The molecule has 0 aliphatic carbocycles. The van der Waals surface area contributed by atoms with E-state index in [1.54, 1.807) is 7.11 Å². The van der Waals surface area contributed by atoms with Crippen molar-refractivity contribution in [2.45, 2.75) is 18.8 Å². The highest BCUT2D eigenvalue weighted by atomic mass is 127. The van der Waals surface area contributed by atoms with Crippen molar-refractivity contribution in [2.24, 2.45) is 4.99 Å². The number of piperidine rings is 1. The van der Waals surface area contributed by atoms with Gasteiger partial charge in [0.25, 0.3) is 0 Å². The smallest absolute Gasteiger partial charge is 0.193 e. The zero-order chi connectivity index (χ0) is 16.1. The van der Waals surface area contributed by atoms with Crippen molar-refractivity contribution in [2.75, 3.05) is 40.4 Å². The van der Waals surface area contributed by atoms with Crippen LogP contribution in [-0.2, 0) is 4.74 Å². The van der Waals surface area contributed by atoms with Crippen LogP contribution in [0.15, 0.2) is 29.3 Å². The monoisotopic (exact) mass is 460 g/mol. The lowest BCUT2D eigenvalue weighted by Gasteiger charge is -2.33. The van der Waals surface area contributed by atoms with Gasteiger partial charge in [-0.05, 0) is 25.0 Å². The lowest BCUT2D eigenvalue weighted by molar-refractivity contribution is 0.201. The van der Waals surface area contributed by atoms with Crippen molar-refractivity contribution in [1.29, 1.82) is 0 Å². The average Bonchev–Trinajstić information content (AvgIpc) is 3.03. The number of aromatic nitrogens is 1. The van der Waals surface area contributed by atoms with Crippen molar-refractivity contribution in [1.82, 2.24) is 15.2 Å². The Hall–Kier alpha value is -0.930. The maximum Gasteiger partial charge on any atom is 0.193 e. The summed E-state index contributed by atoms with van der Waals surface area (Å²) in [6.07, 6.45) is 2.26. The Morgan fingerprint density at radius 3 is 2.79 bits per heavy atom. The molecule has 0 bridgehead atoms. The van der Waals surface area contributed by atoms with E-state index < -0.39 is 0 Å².